The van der Waals surface area contributed by atoms with Crippen molar-refractivity contribution in [2.24, 2.45) is 0 Å². The lowest BCUT2D eigenvalue weighted by Crippen LogP contribution is -2.20. The smallest absolute Gasteiger partial charge is 0.512 e. The summed E-state index contributed by atoms with van der Waals surface area (Å²) in [4.78, 5) is 3.88. The Morgan fingerprint density at radius 2 is 2.23 bits per heavy atom. The molecule has 0 aliphatic heterocycles. The quantitative estimate of drug-likeness (QED) is 0.642. The number of rotatable bonds is 2. The van der Waals surface area contributed by atoms with Gasteiger partial charge in [0.25, 0.3) is 0 Å². The Bertz CT molecular complexity index is 414. The molecule has 1 aromatic carbocycles. The van der Waals surface area contributed by atoms with Crippen molar-refractivity contribution in [3.05, 3.63) is 24.6 Å². The monoisotopic (exact) mass is 179 g/mol. The summed E-state index contributed by atoms with van der Waals surface area (Å²) >= 11 is 0. The Morgan fingerprint density at radius 3 is 3.00 bits per heavy atom. The molecule has 13 heavy (non-hydrogen) atoms. The van der Waals surface area contributed by atoms with E-state index in [0.29, 0.717) is 16.8 Å². The molecule has 5 nitrogen and oxygen atoms in total. The summed E-state index contributed by atoms with van der Waals surface area (Å²) in [5, 5.41) is 17.0. The van der Waals surface area contributed by atoms with Gasteiger partial charge in [-0.15, -0.1) is 0 Å². The van der Waals surface area contributed by atoms with E-state index in [0.717, 1.165) is 0 Å². The predicted molar refractivity (Wildman–Crippen MR) is 44.8 cm³/mol. The van der Waals surface area contributed by atoms with E-state index in [1.807, 2.05) is 0 Å². The zero-order valence-corrected chi connectivity index (χ0v) is 6.54. The molecule has 0 fully saturated rings. The number of hydrogen-bond donors (Lipinski definition) is 2. The second-order valence-electron chi connectivity index (χ2n) is 2.43. The van der Waals surface area contributed by atoms with Gasteiger partial charge in [0.2, 0.25) is 0 Å². The summed E-state index contributed by atoms with van der Waals surface area (Å²) in [5.41, 5.74) is 1.23. The van der Waals surface area contributed by atoms with Crippen molar-refractivity contribution in [2.45, 2.75) is 0 Å². The van der Waals surface area contributed by atoms with Crippen molar-refractivity contribution in [3.63, 3.8) is 0 Å². The van der Waals surface area contributed by atoms with Gasteiger partial charge in [-0.25, -0.2) is 4.98 Å². The maximum Gasteiger partial charge on any atom is 0.707 e. The van der Waals surface area contributed by atoms with E-state index in [9.17, 15) is 0 Å². The summed E-state index contributed by atoms with van der Waals surface area (Å²) in [7, 11) is -1.82. The third kappa shape index (κ3) is 1.63. The molecule has 0 saturated heterocycles. The molecule has 0 bridgehead atoms. The Morgan fingerprint density at radius 1 is 1.38 bits per heavy atom. The van der Waals surface area contributed by atoms with Crippen molar-refractivity contribution in [1.29, 1.82) is 0 Å². The number of nitrogens with zero attached hydrogens (tertiary/aromatic N) is 1. The molecule has 6 heteroatoms. The van der Waals surface area contributed by atoms with Gasteiger partial charge >= 0.3 is 7.32 Å². The van der Waals surface area contributed by atoms with E-state index >= 15 is 0 Å². The molecule has 1 heterocycles. The Kier molecular flexibility index (Phi) is 1.92. The lowest BCUT2D eigenvalue weighted by molar-refractivity contribution is 0.288. The largest absolute Gasteiger partial charge is 0.707 e. The predicted octanol–water partition coefficient (Wildman–Crippen LogP) is 0.176. The Labute approximate surface area is 73.8 Å². The highest BCUT2D eigenvalue weighted by atomic mass is 16.6. The van der Waals surface area contributed by atoms with Crippen LogP contribution in [0.15, 0.2) is 29.0 Å². The molecule has 0 amide bonds. The fourth-order valence-electron chi connectivity index (χ4n) is 1.03. The van der Waals surface area contributed by atoms with Gasteiger partial charge in [0.05, 0.1) is 0 Å². The van der Waals surface area contributed by atoms with Crippen LogP contribution in [0.3, 0.4) is 0 Å². The highest BCUT2D eigenvalue weighted by Crippen LogP contribution is 2.19. The average molecular weight is 179 g/mol. The van der Waals surface area contributed by atoms with E-state index in [4.69, 9.17) is 14.5 Å². The molecule has 0 aliphatic rings. The van der Waals surface area contributed by atoms with Gasteiger partial charge in [0, 0.05) is 6.07 Å². The number of oxazole rings is 1. The molecule has 0 saturated carbocycles. The number of hydrogen-bond acceptors (Lipinski definition) is 5. The van der Waals surface area contributed by atoms with Crippen molar-refractivity contribution in [2.75, 3.05) is 0 Å². The average Bonchev–Trinajstić information content (AvgIpc) is 2.49. The number of fused-ring (bicyclic) bond motifs is 1. The maximum absolute atomic E-state index is 8.52. The van der Waals surface area contributed by atoms with Crippen molar-refractivity contribution < 1.29 is 19.1 Å². The first-order valence-corrected chi connectivity index (χ1v) is 3.62. The van der Waals surface area contributed by atoms with Gasteiger partial charge in [-0.3, -0.25) is 0 Å². The van der Waals surface area contributed by atoms with Crippen LogP contribution in [0.2, 0.25) is 0 Å². The fraction of sp³-hybridized carbons (Fsp3) is 0. The van der Waals surface area contributed by atoms with Crippen molar-refractivity contribution >= 4 is 18.4 Å². The highest BCUT2D eigenvalue weighted by Gasteiger charge is 2.11. The lowest BCUT2D eigenvalue weighted by atomic mass is 10.2. The summed E-state index contributed by atoms with van der Waals surface area (Å²) in [6.45, 7) is 0. The summed E-state index contributed by atoms with van der Waals surface area (Å²) in [6.07, 6.45) is 1.31. The van der Waals surface area contributed by atoms with Crippen LogP contribution in [-0.4, -0.2) is 22.4 Å². The third-order valence-electron chi connectivity index (χ3n) is 1.54. The van der Waals surface area contributed by atoms with Gasteiger partial charge in [0.1, 0.15) is 11.3 Å². The van der Waals surface area contributed by atoms with Crippen LogP contribution in [0.25, 0.3) is 11.1 Å². The molecule has 0 atom stereocenters. The summed E-state index contributed by atoms with van der Waals surface area (Å²) < 4.78 is 9.61. The van der Waals surface area contributed by atoms with Crippen LogP contribution in [0.1, 0.15) is 0 Å². The summed E-state index contributed by atoms with van der Waals surface area (Å²) in [6, 6.07) is 4.76. The molecule has 2 rings (SSSR count). The maximum atomic E-state index is 8.52. The topological polar surface area (TPSA) is 75.7 Å². The van der Waals surface area contributed by atoms with Crippen LogP contribution in [-0.2, 0) is 0 Å². The molecule has 66 valence electrons. The molecular formula is C7H6BNO4. The van der Waals surface area contributed by atoms with Crippen LogP contribution in [0.4, 0.5) is 0 Å². The highest BCUT2D eigenvalue weighted by molar-refractivity contribution is 6.33. The van der Waals surface area contributed by atoms with Crippen LogP contribution < -0.4 is 4.65 Å². The fourth-order valence-corrected chi connectivity index (χ4v) is 1.03. The van der Waals surface area contributed by atoms with E-state index in [1.165, 1.54) is 6.39 Å². The molecular weight excluding hydrogens is 173 g/mol. The molecule has 2 aromatic rings. The molecule has 2 N–H and O–H groups in total. The second kappa shape index (κ2) is 3.08. The van der Waals surface area contributed by atoms with Crippen LogP contribution in [0.5, 0.6) is 5.75 Å². The Balaban J connectivity index is 2.37. The molecule has 0 aliphatic carbocycles. The minimum Gasteiger partial charge on any atom is -0.512 e. The van der Waals surface area contributed by atoms with E-state index < -0.39 is 7.32 Å². The van der Waals surface area contributed by atoms with E-state index in [-0.39, 0.29) is 0 Å². The second-order valence-corrected chi connectivity index (χ2v) is 2.43. The number of benzene rings is 1. The van der Waals surface area contributed by atoms with Crippen molar-refractivity contribution in [3.8, 4) is 5.75 Å². The normalized spacial score (nSPS) is 10.3. The van der Waals surface area contributed by atoms with Crippen LogP contribution in [0, 0.1) is 0 Å². The van der Waals surface area contributed by atoms with Crippen molar-refractivity contribution in [1.82, 2.24) is 4.98 Å². The molecule has 0 unspecified atom stereocenters. The lowest BCUT2D eigenvalue weighted by Gasteiger charge is -2.02. The van der Waals surface area contributed by atoms with E-state index in [1.54, 1.807) is 18.2 Å². The van der Waals surface area contributed by atoms with Crippen LogP contribution >= 0.6 is 0 Å². The minimum absolute atomic E-state index is 0.330. The molecule has 1 aromatic heterocycles. The first-order chi connectivity index (χ1) is 6.25. The standard InChI is InChI=1S/C7H6BNO4/c10-8(11)13-5-1-2-7-6(3-5)9-4-12-7/h1-4,10-11H. The van der Waals surface area contributed by atoms with Gasteiger partial charge in [-0.05, 0) is 12.1 Å². The molecule has 0 spiro atoms. The van der Waals surface area contributed by atoms with Gasteiger partial charge in [-0.1, -0.05) is 0 Å². The third-order valence-corrected chi connectivity index (χ3v) is 1.54. The van der Waals surface area contributed by atoms with Gasteiger partial charge < -0.3 is 19.1 Å². The zero-order valence-electron chi connectivity index (χ0n) is 6.54. The molecule has 0 radical (unpaired) electrons. The van der Waals surface area contributed by atoms with Gasteiger partial charge in [-0.2, -0.15) is 0 Å². The Hall–Kier alpha value is -1.53. The first kappa shape index (κ1) is 8.09. The SMILES string of the molecule is OB(O)Oc1ccc2ocnc2c1. The van der Waals surface area contributed by atoms with Gasteiger partial charge in [0.15, 0.2) is 12.0 Å². The number of aromatic nitrogens is 1. The van der Waals surface area contributed by atoms with E-state index in [2.05, 4.69) is 9.64 Å². The zero-order chi connectivity index (χ0) is 9.26. The first-order valence-electron chi connectivity index (χ1n) is 3.62. The summed E-state index contributed by atoms with van der Waals surface area (Å²) in [5.74, 6) is 0.330. The minimum atomic E-state index is -1.82.